The third-order valence-corrected chi connectivity index (χ3v) is 9.71. The smallest absolute Gasteiger partial charge is 0.168 e. The van der Waals surface area contributed by atoms with E-state index in [9.17, 15) is 0 Å². The summed E-state index contributed by atoms with van der Waals surface area (Å²) >= 11 is 0. The summed E-state index contributed by atoms with van der Waals surface area (Å²) in [7, 11) is 0. The summed E-state index contributed by atoms with van der Waals surface area (Å²) in [5.74, 6) is 1.79. The first-order chi connectivity index (χ1) is 23.0. The van der Waals surface area contributed by atoms with Crippen LogP contribution in [0.3, 0.4) is 0 Å². The number of furan rings is 2. The van der Waals surface area contributed by atoms with Crippen LogP contribution < -0.4 is 0 Å². The molecular weight excluding hydrogens is 578 g/mol. The third kappa shape index (κ3) is 3.74. The van der Waals surface area contributed by atoms with Crippen LogP contribution in [0.1, 0.15) is 25.0 Å². The van der Waals surface area contributed by atoms with E-state index in [1.165, 1.54) is 16.7 Å². The predicted octanol–water partition coefficient (Wildman–Crippen LogP) is 11.0. The SMILES string of the molecule is CC1(C)c2ccccc2-c2cc3c(oc4ccccc43)c(-c3nc(-c4ccccc4)nc(-c4ccc5oc6ccccc6c5c4)n3)c21. The summed E-state index contributed by atoms with van der Waals surface area (Å²) in [5.41, 5.74) is 10.6. The van der Waals surface area contributed by atoms with Gasteiger partial charge in [-0.1, -0.05) is 105 Å². The van der Waals surface area contributed by atoms with Gasteiger partial charge in [-0.05, 0) is 58.7 Å². The van der Waals surface area contributed by atoms with E-state index in [1.807, 2.05) is 72.8 Å². The van der Waals surface area contributed by atoms with E-state index >= 15 is 0 Å². The highest BCUT2D eigenvalue weighted by Gasteiger charge is 2.40. The highest BCUT2D eigenvalue weighted by atomic mass is 16.3. The van der Waals surface area contributed by atoms with Gasteiger partial charge in [0.2, 0.25) is 0 Å². The van der Waals surface area contributed by atoms with Crippen LogP contribution in [0.5, 0.6) is 0 Å². The van der Waals surface area contributed by atoms with E-state index in [0.29, 0.717) is 17.5 Å². The van der Waals surface area contributed by atoms with E-state index in [4.69, 9.17) is 23.8 Å². The number of hydrogen-bond donors (Lipinski definition) is 0. The van der Waals surface area contributed by atoms with E-state index in [-0.39, 0.29) is 5.41 Å². The van der Waals surface area contributed by atoms with Crippen molar-refractivity contribution in [2.45, 2.75) is 19.3 Å². The summed E-state index contributed by atoms with van der Waals surface area (Å²) in [5, 5.41) is 4.21. The molecule has 10 rings (SSSR count). The number of para-hydroxylation sites is 2. The summed E-state index contributed by atoms with van der Waals surface area (Å²) in [6.07, 6.45) is 0. The van der Waals surface area contributed by atoms with Gasteiger partial charge in [-0.15, -0.1) is 0 Å². The van der Waals surface area contributed by atoms with Crippen molar-refractivity contribution in [3.8, 4) is 45.3 Å². The molecule has 0 unspecified atom stereocenters. The van der Waals surface area contributed by atoms with Crippen molar-refractivity contribution in [1.82, 2.24) is 15.0 Å². The number of nitrogens with zero attached hydrogens (tertiary/aromatic N) is 3. The topological polar surface area (TPSA) is 65.0 Å². The Labute approximate surface area is 270 Å². The first-order valence-electron chi connectivity index (χ1n) is 15.9. The van der Waals surface area contributed by atoms with Crippen molar-refractivity contribution in [2.75, 3.05) is 0 Å². The Kier molecular flexibility index (Phi) is 5.28. The zero-order chi connectivity index (χ0) is 31.3. The Hall–Kier alpha value is -6.07. The average molecular weight is 606 g/mol. The van der Waals surface area contributed by atoms with Crippen LogP contribution in [0, 0.1) is 0 Å². The van der Waals surface area contributed by atoms with Crippen molar-refractivity contribution in [3.63, 3.8) is 0 Å². The maximum Gasteiger partial charge on any atom is 0.168 e. The molecule has 0 N–H and O–H groups in total. The van der Waals surface area contributed by atoms with Gasteiger partial charge in [0.15, 0.2) is 17.5 Å². The van der Waals surface area contributed by atoms with E-state index < -0.39 is 0 Å². The summed E-state index contributed by atoms with van der Waals surface area (Å²) in [4.78, 5) is 15.6. The number of fused-ring (bicyclic) bond motifs is 9. The van der Waals surface area contributed by atoms with Gasteiger partial charge in [0.1, 0.15) is 22.3 Å². The Morgan fingerprint density at radius 3 is 1.89 bits per heavy atom. The molecule has 3 aromatic heterocycles. The second-order valence-electron chi connectivity index (χ2n) is 12.8. The van der Waals surface area contributed by atoms with Gasteiger partial charge in [0.05, 0.1) is 5.56 Å². The molecule has 1 aliphatic carbocycles. The zero-order valence-corrected chi connectivity index (χ0v) is 25.8. The molecule has 0 amide bonds. The maximum absolute atomic E-state index is 6.73. The third-order valence-electron chi connectivity index (χ3n) is 9.71. The van der Waals surface area contributed by atoms with E-state index in [1.54, 1.807) is 0 Å². The van der Waals surface area contributed by atoms with Crippen LogP contribution in [0.15, 0.2) is 136 Å². The van der Waals surface area contributed by atoms with Gasteiger partial charge in [-0.2, -0.15) is 0 Å². The van der Waals surface area contributed by atoms with Crippen LogP contribution in [0.4, 0.5) is 0 Å². The predicted molar refractivity (Wildman–Crippen MR) is 188 cm³/mol. The summed E-state index contributed by atoms with van der Waals surface area (Å²) < 4.78 is 12.9. The van der Waals surface area contributed by atoms with Gasteiger partial charge in [-0.25, -0.2) is 15.0 Å². The second kappa shape index (κ2) is 9.47. The Bertz CT molecular complexity index is 2720. The van der Waals surface area contributed by atoms with Crippen molar-refractivity contribution in [2.24, 2.45) is 0 Å². The number of rotatable bonds is 3. The molecule has 0 saturated carbocycles. The van der Waals surface area contributed by atoms with Crippen LogP contribution in [0.25, 0.3) is 89.2 Å². The van der Waals surface area contributed by atoms with Crippen LogP contribution in [0.2, 0.25) is 0 Å². The maximum atomic E-state index is 6.73. The molecular formula is C42H27N3O2. The van der Waals surface area contributed by atoms with Crippen molar-refractivity contribution < 1.29 is 8.83 Å². The lowest BCUT2D eigenvalue weighted by atomic mass is 9.79. The molecule has 5 nitrogen and oxygen atoms in total. The van der Waals surface area contributed by atoms with Crippen LogP contribution >= 0.6 is 0 Å². The molecule has 0 spiro atoms. The molecule has 0 aliphatic heterocycles. The molecule has 0 radical (unpaired) electrons. The fourth-order valence-corrected chi connectivity index (χ4v) is 7.53. The molecule has 3 heterocycles. The fraction of sp³-hybridized carbons (Fsp3) is 0.0714. The first-order valence-corrected chi connectivity index (χ1v) is 15.9. The number of hydrogen-bond acceptors (Lipinski definition) is 5. The second-order valence-corrected chi connectivity index (χ2v) is 12.8. The van der Waals surface area contributed by atoms with Gasteiger partial charge in [0, 0.05) is 38.1 Å². The summed E-state index contributed by atoms with van der Waals surface area (Å²) in [6, 6.07) is 43.6. The largest absolute Gasteiger partial charge is 0.456 e. The molecule has 6 aromatic carbocycles. The molecule has 47 heavy (non-hydrogen) atoms. The normalized spacial score (nSPS) is 13.5. The van der Waals surface area contributed by atoms with Crippen molar-refractivity contribution in [3.05, 3.63) is 139 Å². The van der Waals surface area contributed by atoms with Gasteiger partial charge < -0.3 is 8.83 Å². The van der Waals surface area contributed by atoms with Crippen molar-refractivity contribution >= 4 is 43.9 Å². The Balaban J connectivity index is 1.32. The Morgan fingerprint density at radius 1 is 0.468 bits per heavy atom. The molecule has 0 saturated heterocycles. The highest BCUT2D eigenvalue weighted by molar-refractivity contribution is 6.13. The quantitative estimate of drug-likeness (QED) is 0.200. The summed E-state index contributed by atoms with van der Waals surface area (Å²) in [6.45, 7) is 4.57. The van der Waals surface area contributed by atoms with E-state index in [2.05, 4.69) is 68.4 Å². The molecule has 0 fully saturated rings. The molecule has 1 aliphatic rings. The monoisotopic (exact) mass is 605 g/mol. The van der Waals surface area contributed by atoms with Gasteiger partial charge >= 0.3 is 0 Å². The van der Waals surface area contributed by atoms with Gasteiger partial charge in [0.25, 0.3) is 0 Å². The van der Waals surface area contributed by atoms with Crippen LogP contribution in [-0.2, 0) is 5.41 Å². The van der Waals surface area contributed by atoms with Crippen molar-refractivity contribution in [1.29, 1.82) is 0 Å². The van der Waals surface area contributed by atoms with Crippen LogP contribution in [-0.4, -0.2) is 15.0 Å². The van der Waals surface area contributed by atoms with E-state index in [0.717, 1.165) is 66.1 Å². The number of benzene rings is 6. The number of aromatic nitrogens is 3. The molecule has 0 bridgehead atoms. The average Bonchev–Trinajstić information content (AvgIpc) is 3.75. The minimum Gasteiger partial charge on any atom is -0.456 e. The standard InChI is InChI=1S/C42H27N3O2/c1-42(2)32-17-9-6-14-26(32)30-23-31-28-16-8-11-19-34(28)47-38(31)36(37(30)42)41-44-39(24-12-4-3-5-13-24)43-40(45-41)25-20-21-35-29(22-25)27-15-7-10-18-33(27)46-35/h3-23H,1-2H3. The first kappa shape index (κ1) is 26.2. The molecule has 5 heteroatoms. The minimum atomic E-state index is -0.317. The lowest BCUT2D eigenvalue weighted by molar-refractivity contribution is 0.648. The fourth-order valence-electron chi connectivity index (χ4n) is 7.53. The molecule has 9 aromatic rings. The zero-order valence-electron chi connectivity index (χ0n) is 25.8. The molecule has 222 valence electrons. The minimum absolute atomic E-state index is 0.317. The lowest BCUT2D eigenvalue weighted by Crippen LogP contribution is -2.17. The lowest BCUT2D eigenvalue weighted by Gasteiger charge is -2.24. The Morgan fingerprint density at radius 2 is 1.09 bits per heavy atom. The highest BCUT2D eigenvalue weighted by Crippen LogP contribution is 2.55. The molecule has 0 atom stereocenters. The van der Waals surface area contributed by atoms with Gasteiger partial charge in [-0.3, -0.25) is 0 Å².